The Bertz CT molecular complexity index is 581. The molecule has 0 aromatic heterocycles. The third-order valence-corrected chi connectivity index (χ3v) is 4.07. The molecule has 0 aromatic carbocycles. The molecule has 1 rings (SSSR count). The van der Waals surface area contributed by atoms with E-state index in [0.717, 1.165) is 0 Å². The Balaban J connectivity index is 2.84. The van der Waals surface area contributed by atoms with Crippen molar-refractivity contribution in [2.75, 3.05) is 13.1 Å². The van der Waals surface area contributed by atoms with E-state index in [2.05, 4.69) is 10.6 Å². The van der Waals surface area contributed by atoms with E-state index in [4.69, 9.17) is 11.5 Å². The maximum atomic E-state index is 12.7. The number of amides is 4. The normalized spacial score (nSPS) is 18.7. The molecule has 0 saturated carbocycles. The summed E-state index contributed by atoms with van der Waals surface area (Å²) in [5.41, 5.74) is 10.3. The van der Waals surface area contributed by atoms with Gasteiger partial charge >= 0.3 is 5.97 Å². The smallest absolute Gasteiger partial charge is 0.326 e. The van der Waals surface area contributed by atoms with Crippen LogP contribution in [0.5, 0.6) is 0 Å². The second kappa shape index (κ2) is 9.70. The number of nitrogens with zero attached hydrogens (tertiary/aromatic N) is 1. The van der Waals surface area contributed by atoms with Gasteiger partial charge in [0.1, 0.15) is 18.1 Å². The quantitative estimate of drug-likeness (QED) is 0.291. The molecular weight excluding hydrogens is 346 g/mol. The molecular formula is C15H25N5O6. The number of rotatable bonds is 9. The summed E-state index contributed by atoms with van der Waals surface area (Å²) in [7, 11) is 0. The molecule has 1 aliphatic heterocycles. The van der Waals surface area contributed by atoms with Crippen LogP contribution in [-0.2, 0) is 24.0 Å². The Labute approximate surface area is 150 Å². The zero-order chi connectivity index (χ0) is 19.9. The predicted molar refractivity (Wildman–Crippen MR) is 89.4 cm³/mol. The highest BCUT2D eigenvalue weighted by Gasteiger charge is 2.38. The SMILES string of the molecule is CC(NC(=O)CN)C(=O)NC(CCC(N)=O)C(=O)N1CCCC1C(=O)O. The van der Waals surface area contributed by atoms with E-state index in [0.29, 0.717) is 12.8 Å². The van der Waals surface area contributed by atoms with Gasteiger partial charge in [-0.3, -0.25) is 19.2 Å². The Morgan fingerprint density at radius 1 is 1.23 bits per heavy atom. The Kier molecular flexibility index (Phi) is 7.97. The van der Waals surface area contributed by atoms with Gasteiger partial charge in [-0.1, -0.05) is 0 Å². The summed E-state index contributed by atoms with van der Waals surface area (Å²) in [5.74, 6) is -3.57. The minimum atomic E-state index is -1.13. The first-order valence-corrected chi connectivity index (χ1v) is 8.28. The average Bonchev–Trinajstić information content (AvgIpc) is 3.07. The van der Waals surface area contributed by atoms with E-state index in [9.17, 15) is 29.1 Å². The van der Waals surface area contributed by atoms with E-state index >= 15 is 0 Å². The zero-order valence-electron chi connectivity index (χ0n) is 14.6. The molecule has 7 N–H and O–H groups in total. The number of carbonyl (C=O) groups is 5. The highest BCUT2D eigenvalue weighted by Crippen LogP contribution is 2.19. The lowest BCUT2D eigenvalue weighted by Gasteiger charge is -2.28. The average molecular weight is 371 g/mol. The number of hydrogen-bond donors (Lipinski definition) is 5. The van der Waals surface area contributed by atoms with Gasteiger partial charge in [0, 0.05) is 13.0 Å². The maximum absolute atomic E-state index is 12.7. The van der Waals surface area contributed by atoms with Crippen molar-refractivity contribution in [1.29, 1.82) is 0 Å². The number of carbonyl (C=O) groups excluding carboxylic acids is 4. The van der Waals surface area contributed by atoms with Gasteiger partial charge in [-0.15, -0.1) is 0 Å². The molecule has 0 radical (unpaired) electrons. The van der Waals surface area contributed by atoms with Crippen molar-refractivity contribution in [2.45, 2.75) is 50.7 Å². The summed E-state index contributed by atoms with van der Waals surface area (Å²) >= 11 is 0. The van der Waals surface area contributed by atoms with Crippen LogP contribution in [0.3, 0.4) is 0 Å². The Morgan fingerprint density at radius 2 is 1.88 bits per heavy atom. The third-order valence-electron chi connectivity index (χ3n) is 4.07. The van der Waals surface area contributed by atoms with Gasteiger partial charge in [0.2, 0.25) is 23.6 Å². The number of hydrogen-bond acceptors (Lipinski definition) is 6. The molecule has 1 fully saturated rings. The fraction of sp³-hybridized carbons (Fsp3) is 0.667. The van der Waals surface area contributed by atoms with Gasteiger partial charge in [0.25, 0.3) is 0 Å². The molecule has 146 valence electrons. The van der Waals surface area contributed by atoms with Gasteiger partial charge in [-0.25, -0.2) is 4.79 Å². The molecule has 3 unspecified atom stereocenters. The Hall–Kier alpha value is -2.69. The molecule has 3 atom stereocenters. The standard InChI is InChI=1S/C15H25N5O6/c1-8(18-12(22)7-16)13(23)19-9(4-5-11(17)21)14(24)20-6-2-3-10(20)15(25)26/h8-10H,2-7,16H2,1H3,(H2,17,21)(H,18,22)(H,19,23)(H,25,26). The molecule has 0 spiro atoms. The fourth-order valence-corrected chi connectivity index (χ4v) is 2.69. The van der Waals surface area contributed by atoms with Crippen molar-refractivity contribution in [1.82, 2.24) is 15.5 Å². The van der Waals surface area contributed by atoms with Crippen molar-refractivity contribution in [2.24, 2.45) is 11.5 Å². The fourth-order valence-electron chi connectivity index (χ4n) is 2.69. The highest BCUT2D eigenvalue weighted by atomic mass is 16.4. The molecule has 11 nitrogen and oxygen atoms in total. The van der Waals surface area contributed by atoms with Gasteiger partial charge < -0.3 is 32.1 Å². The molecule has 1 saturated heterocycles. The third kappa shape index (κ3) is 5.99. The topological polar surface area (TPSA) is 185 Å². The van der Waals surface area contributed by atoms with Crippen molar-refractivity contribution in [3.05, 3.63) is 0 Å². The second-order valence-electron chi connectivity index (χ2n) is 6.09. The molecule has 0 aliphatic carbocycles. The van der Waals surface area contributed by atoms with Crippen molar-refractivity contribution >= 4 is 29.6 Å². The van der Waals surface area contributed by atoms with Crippen LogP contribution < -0.4 is 22.1 Å². The Morgan fingerprint density at radius 3 is 2.42 bits per heavy atom. The first-order valence-electron chi connectivity index (χ1n) is 8.28. The molecule has 1 aliphatic rings. The molecule has 1 heterocycles. The molecule has 0 bridgehead atoms. The minimum absolute atomic E-state index is 0.0691. The number of nitrogens with one attached hydrogen (secondary N) is 2. The zero-order valence-corrected chi connectivity index (χ0v) is 14.6. The largest absolute Gasteiger partial charge is 0.480 e. The molecule has 11 heteroatoms. The van der Waals surface area contributed by atoms with Crippen LogP contribution in [0.25, 0.3) is 0 Å². The summed E-state index contributed by atoms with van der Waals surface area (Å²) in [6.45, 7) is 1.36. The van der Waals surface area contributed by atoms with Crippen LogP contribution in [0.4, 0.5) is 0 Å². The first kappa shape index (κ1) is 21.4. The highest BCUT2D eigenvalue weighted by molar-refractivity contribution is 5.93. The number of carboxylic acids is 1. The predicted octanol–water partition coefficient (Wildman–Crippen LogP) is -2.72. The van der Waals surface area contributed by atoms with Crippen LogP contribution in [0.1, 0.15) is 32.6 Å². The maximum Gasteiger partial charge on any atom is 0.326 e. The molecule has 26 heavy (non-hydrogen) atoms. The van der Waals surface area contributed by atoms with Crippen LogP contribution in [-0.4, -0.2) is 70.8 Å². The van der Waals surface area contributed by atoms with Crippen LogP contribution in [0.2, 0.25) is 0 Å². The first-order chi connectivity index (χ1) is 12.2. The second-order valence-corrected chi connectivity index (χ2v) is 6.09. The van der Waals surface area contributed by atoms with E-state index < -0.39 is 47.7 Å². The summed E-state index contributed by atoms with van der Waals surface area (Å²) in [6.07, 6.45) is 0.620. The van der Waals surface area contributed by atoms with Crippen molar-refractivity contribution < 1.29 is 29.1 Å². The summed E-state index contributed by atoms with van der Waals surface area (Å²) < 4.78 is 0. The van der Waals surface area contributed by atoms with Crippen LogP contribution >= 0.6 is 0 Å². The minimum Gasteiger partial charge on any atom is -0.480 e. The lowest BCUT2D eigenvalue weighted by molar-refractivity contribution is -0.149. The van der Waals surface area contributed by atoms with E-state index in [1.165, 1.54) is 11.8 Å². The van der Waals surface area contributed by atoms with Gasteiger partial charge in [-0.2, -0.15) is 0 Å². The van der Waals surface area contributed by atoms with E-state index in [1.807, 2.05) is 0 Å². The van der Waals surface area contributed by atoms with Gasteiger partial charge in [0.15, 0.2) is 0 Å². The van der Waals surface area contributed by atoms with Crippen molar-refractivity contribution in [3.8, 4) is 0 Å². The van der Waals surface area contributed by atoms with Crippen molar-refractivity contribution in [3.63, 3.8) is 0 Å². The number of primary amides is 1. The lowest BCUT2D eigenvalue weighted by atomic mass is 10.1. The van der Waals surface area contributed by atoms with Crippen LogP contribution in [0.15, 0.2) is 0 Å². The number of carboxylic acid groups (broad SMARTS) is 1. The van der Waals surface area contributed by atoms with Gasteiger partial charge in [0.05, 0.1) is 6.54 Å². The molecule has 4 amide bonds. The monoisotopic (exact) mass is 371 g/mol. The number of nitrogens with two attached hydrogens (primary N) is 2. The molecule has 0 aromatic rings. The summed E-state index contributed by atoms with van der Waals surface area (Å²) in [6, 6.07) is -3.04. The number of aliphatic carboxylic acids is 1. The summed E-state index contributed by atoms with van der Waals surface area (Å²) in [4.78, 5) is 59.7. The lowest BCUT2D eigenvalue weighted by Crippen LogP contribution is -2.55. The van der Waals surface area contributed by atoms with Crippen LogP contribution in [0, 0.1) is 0 Å². The van der Waals surface area contributed by atoms with Gasteiger partial charge in [-0.05, 0) is 26.2 Å². The number of likely N-dealkylation sites (tertiary alicyclic amines) is 1. The summed E-state index contributed by atoms with van der Waals surface area (Å²) in [5, 5.41) is 14.0. The van der Waals surface area contributed by atoms with E-state index in [1.54, 1.807) is 0 Å². The van der Waals surface area contributed by atoms with E-state index in [-0.39, 0.29) is 25.9 Å².